The number of aliphatic hydroxyl groups is 1. The van der Waals surface area contributed by atoms with Gasteiger partial charge in [0.1, 0.15) is 6.10 Å². The van der Waals surface area contributed by atoms with Crippen LogP contribution in [-0.4, -0.2) is 17.1 Å². The lowest BCUT2D eigenvalue weighted by Crippen LogP contribution is -2.30. The number of carbonyl (C=O) groups excluding carboxylic acids is 1. The number of benzene rings is 2. The van der Waals surface area contributed by atoms with Crippen molar-refractivity contribution < 1.29 is 9.90 Å². The predicted octanol–water partition coefficient (Wildman–Crippen LogP) is 3.83. The summed E-state index contributed by atoms with van der Waals surface area (Å²) in [7, 11) is 0. The number of rotatable bonds is 2. The van der Waals surface area contributed by atoms with Crippen LogP contribution in [0.3, 0.4) is 0 Å². The molecule has 1 aliphatic rings. The molecule has 3 rings (SSSR count). The molecule has 1 saturated heterocycles. The van der Waals surface area contributed by atoms with E-state index in [9.17, 15) is 9.90 Å². The fourth-order valence-corrected chi connectivity index (χ4v) is 3.04. The van der Waals surface area contributed by atoms with E-state index in [1.807, 2.05) is 18.2 Å². The van der Waals surface area contributed by atoms with Crippen LogP contribution in [0.4, 0.5) is 5.69 Å². The Balaban J connectivity index is 2.05. The third kappa shape index (κ3) is 2.64. The molecule has 1 aliphatic heterocycles. The molecule has 2 aromatic carbocycles. The second kappa shape index (κ2) is 5.68. The van der Waals surface area contributed by atoms with Crippen molar-refractivity contribution >= 4 is 34.8 Å². The molecule has 108 valence electrons. The standard InChI is InChI=1S/C16H13Cl2NO2/c17-10-5-7-11(8-6-10)19-14(9-15(20)16(19)21)12-3-1-2-4-13(12)18/h1-8,14-15,20H,9H2/t14-,15+/m0/s1. The minimum atomic E-state index is -1.01. The number of amides is 1. The van der Waals surface area contributed by atoms with E-state index in [-0.39, 0.29) is 11.9 Å². The van der Waals surface area contributed by atoms with E-state index >= 15 is 0 Å². The normalized spacial score (nSPS) is 21.9. The van der Waals surface area contributed by atoms with E-state index in [4.69, 9.17) is 23.2 Å². The minimum absolute atomic E-state index is 0.276. The van der Waals surface area contributed by atoms with Crippen molar-refractivity contribution in [3.05, 3.63) is 64.1 Å². The summed E-state index contributed by atoms with van der Waals surface area (Å²) >= 11 is 12.1. The molecular weight excluding hydrogens is 309 g/mol. The fourth-order valence-electron chi connectivity index (χ4n) is 2.65. The lowest BCUT2D eigenvalue weighted by Gasteiger charge is -2.25. The number of carbonyl (C=O) groups is 1. The van der Waals surface area contributed by atoms with Crippen molar-refractivity contribution in [3.63, 3.8) is 0 Å². The third-order valence-corrected chi connectivity index (χ3v) is 4.25. The maximum absolute atomic E-state index is 12.3. The smallest absolute Gasteiger partial charge is 0.256 e. The van der Waals surface area contributed by atoms with E-state index < -0.39 is 6.10 Å². The van der Waals surface area contributed by atoms with Crippen LogP contribution in [0.2, 0.25) is 10.0 Å². The van der Waals surface area contributed by atoms with Crippen LogP contribution in [0.25, 0.3) is 0 Å². The molecular formula is C16H13Cl2NO2. The fraction of sp³-hybridized carbons (Fsp3) is 0.188. The highest BCUT2D eigenvalue weighted by Gasteiger charge is 2.40. The van der Waals surface area contributed by atoms with Gasteiger partial charge < -0.3 is 10.0 Å². The summed E-state index contributed by atoms with van der Waals surface area (Å²) in [6.07, 6.45) is -0.687. The van der Waals surface area contributed by atoms with Gasteiger partial charge in [-0.3, -0.25) is 4.79 Å². The van der Waals surface area contributed by atoms with Crippen molar-refractivity contribution in [1.82, 2.24) is 0 Å². The van der Waals surface area contributed by atoms with Gasteiger partial charge in [0.15, 0.2) is 0 Å². The Kier molecular flexibility index (Phi) is 3.89. The summed E-state index contributed by atoms with van der Waals surface area (Å²) in [6, 6.07) is 14.1. The van der Waals surface area contributed by atoms with Crippen LogP contribution >= 0.6 is 23.2 Å². The van der Waals surface area contributed by atoms with E-state index in [0.29, 0.717) is 22.2 Å². The molecule has 0 aromatic heterocycles. The van der Waals surface area contributed by atoms with Gasteiger partial charge in [0.05, 0.1) is 6.04 Å². The first-order valence-corrected chi connectivity index (χ1v) is 7.34. The van der Waals surface area contributed by atoms with Crippen molar-refractivity contribution in [2.75, 3.05) is 4.90 Å². The van der Waals surface area contributed by atoms with Crippen LogP contribution in [0, 0.1) is 0 Å². The maximum Gasteiger partial charge on any atom is 0.256 e. The maximum atomic E-state index is 12.3. The highest BCUT2D eigenvalue weighted by Crippen LogP contribution is 2.39. The van der Waals surface area contributed by atoms with Crippen molar-refractivity contribution in [2.24, 2.45) is 0 Å². The molecule has 3 nitrogen and oxygen atoms in total. The van der Waals surface area contributed by atoms with E-state index in [1.54, 1.807) is 35.2 Å². The van der Waals surface area contributed by atoms with E-state index in [1.165, 1.54) is 0 Å². The van der Waals surface area contributed by atoms with Gasteiger partial charge in [-0.1, -0.05) is 41.4 Å². The number of nitrogens with zero attached hydrogens (tertiary/aromatic N) is 1. The summed E-state index contributed by atoms with van der Waals surface area (Å²) in [5.41, 5.74) is 1.53. The van der Waals surface area contributed by atoms with Crippen molar-refractivity contribution in [2.45, 2.75) is 18.6 Å². The molecule has 2 atom stereocenters. The Morgan fingerprint density at radius 3 is 2.38 bits per heavy atom. The molecule has 0 bridgehead atoms. The van der Waals surface area contributed by atoms with Gasteiger partial charge in [0.25, 0.3) is 5.91 Å². The average Bonchev–Trinajstić information content (AvgIpc) is 2.76. The summed E-state index contributed by atoms with van der Waals surface area (Å²) in [6.45, 7) is 0. The van der Waals surface area contributed by atoms with E-state index in [2.05, 4.69) is 0 Å². The summed E-state index contributed by atoms with van der Waals surface area (Å²) in [5, 5.41) is 11.1. The zero-order valence-corrected chi connectivity index (χ0v) is 12.6. The molecule has 5 heteroatoms. The molecule has 1 N–H and O–H groups in total. The van der Waals surface area contributed by atoms with Gasteiger partial charge in [-0.05, 0) is 35.9 Å². The van der Waals surface area contributed by atoms with Crippen LogP contribution in [-0.2, 0) is 4.79 Å². The molecule has 21 heavy (non-hydrogen) atoms. The Labute approximate surface area is 132 Å². The summed E-state index contributed by atoms with van der Waals surface area (Å²) < 4.78 is 0. The first-order chi connectivity index (χ1) is 10.1. The van der Waals surface area contributed by atoms with Gasteiger partial charge in [-0.25, -0.2) is 0 Å². The Morgan fingerprint density at radius 2 is 1.71 bits per heavy atom. The topological polar surface area (TPSA) is 40.5 Å². The summed E-state index contributed by atoms with van der Waals surface area (Å²) in [5.74, 6) is -0.317. The number of anilines is 1. The average molecular weight is 322 g/mol. The third-order valence-electron chi connectivity index (χ3n) is 3.65. The number of halogens is 2. The molecule has 1 heterocycles. The zero-order chi connectivity index (χ0) is 15.0. The minimum Gasteiger partial charge on any atom is -0.383 e. The highest BCUT2D eigenvalue weighted by molar-refractivity contribution is 6.31. The largest absolute Gasteiger partial charge is 0.383 e. The second-order valence-corrected chi connectivity index (χ2v) is 5.82. The molecule has 2 aromatic rings. The monoisotopic (exact) mass is 321 g/mol. The van der Waals surface area contributed by atoms with E-state index in [0.717, 1.165) is 5.56 Å². The Hall–Kier alpha value is -1.55. The molecule has 0 saturated carbocycles. The quantitative estimate of drug-likeness (QED) is 0.913. The highest BCUT2D eigenvalue weighted by atomic mass is 35.5. The molecule has 0 radical (unpaired) electrons. The lowest BCUT2D eigenvalue weighted by molar-refractivity contribution is -0.124. The van der Waals surface area contributed by atoms with Crippen LogP contribution in [0.15, 0.2) is 48.5 Å². The van der Waals surface area contributed by atoms with Gasteiger partial charge in [-0.15, -0.1) is 0 Å². The first kappa shape index (κ1) is 14.4. The van der Waals surface area contributed by atoms with Crippen LogP contribution in [0.5, 0.6) is 0 Å². The van der Waals surface area contributed by atoms with Gasteiger partial charge in [0.2, 0.25) is 0 Å². The molecule has 0 aliphatic carbocycles. The number of hydrogen-bond acceptors (Lipinski definition) is 2. The van der Waals surface area contributed by atoms with Crippen molar-refractivity contribution in [3.8, 4) is 0 Å². The first-order valence-electron chi connectivity index (χ1n) is 6.59. The van der Waals surface area contributed by atoms with Gasteiger partial charge >= 0.3 is 0 Å². The summed E-state index contributed by atoms with van der Waals surface area (Å²) in [4.78, 5) is 13.9. The van der Waals surface area contributed by atoms with Gasteiger partial charge in [-0.2, -0.15) is 0 Å². The molecule has 0 spiro atoms. The SMILES string of the molecule is O=C1[C@H](O)C[C@@H](c2ccccc2Cl)N1c1ccc(Cl)cc1. The van der Waals surface area contributed by atoms with Crippen LogP contribution in [0.1, 0.15) is 18.0 Å². The van der Waals surface area contributed by atoms with Crippen LogP contribution < -0.4 is 4.90 Å². The number of aliphatic hydroxyl groups excluding tert-OH is 1. The Morgan fingerprint density at radius 1 is 1.05 bits per heavy atom. The second-order valence-electron chi connectivity index (χ2n) is 4.97. The van der Waals surface area contributed by atoms with Crippen molar-refractivity contribution in [1.29, 1.82) is 0 Å². The molecule has 1 amide bonds. The Bertz CT molecular complexity index is 672. The van der Waals surface area contributed by atoms with Gasteiger partial charge in [0, 0.05) is 22.2 Å². The predicted molar refractivity (Wildman–Crippen MR) is 83.8 cm³/mol. The molecule has 0 unspecified atom stereocenters. The zero-order valence-electron chi connectivity index (χ0n) is 11.0. The number of hydrogen-bond donors (Lipinski definition) is 1. The lowest BCUT2D eigenvalue weighted by atomic mass is 10.0. The molecule has 1 fully saturated rings.